The Morgan fingerprint density at radius 2 is 2.14 bits per heavy atom. The first-order valence-corrected chi connectivity index (χ1v) is 2.01. The average Bonchev–Trinajstić information content (AvgIpc) is 1.68. The van der Waals surface area contributed by atoms with E-state index in [4.69, 9.17) is 0 Å². The molecule has 7 heavy (non-hydrogen) atoms. The largest absolute Gasteiger partial charge is 0.158 e. The third kappa shape index (κ3) is 3.61. The van der Waals surface area contributed by atoms with Gasteiger partial charge in [0, 0.05) is 12.6 Å². The second-order valence-corrected chi connectivity index (χ2v) is 1.35. The Labute approximate surface area is 40.8 Å². The Bertz CT molecular complexity index is 41.9. The van der Waals surface area contributed by atoms with Crippen LogP contribution in [0.3, 0.4) is 0 Å². The van der Waals surface area contributed by atoms with Crippen LogP contribution in [0.2, 0.25) is 0 Å². The number of nitrogens with one attached hydrogen (secondary N) is 2. The summed E-state index contributed by atoms with van der Waals surface area (Å²) < 4.78 is 22.1. The van der Waals surface area contributed by atoms with Crippen LogP contribution >= 0.6 is 0 Å². The molecule has 4 heteroatoms. The molecule has 0 aromatic rings. The van der Waals surface area contributed by atoms with Gasteiger partial charge >= 0.3 is 0 Å². The lowest BCUT2D eigenvalue weighted by Gasteiger charge is -2.00. The Balaban J connectivity index is 2.83. The first-order chi connectivity index (χ1) is 3.31. The van der Waals surface area contributed by atoms with Crippen LogP contribution in [0.5, 0.6) is 0 Å². The molecule has 0 aliphatic carbocycles. The van der Waals surface area contributed by atoms with Gasteiger partial charge in [0.15, 0.2) is 0 Å². The predicted molar refractivity (Wildman–Crippen MR) is 22.8 cm³/mol. The van der Waals surface area contributed by atoms with E-state index in [1.807, 2.05) is 0 Å². The van der Waals surface area contributed by atoms with Gasteiger partial charge in [0.25, 0.3) is 0 Å². The maximum absolute atomic E-state index is 11.1. The summed E-state index contributed by atoms with van der Waals surface area (Å²) in [6, 6.07) is -0.454. The topological polar surface area (TPSA) is 24.1 Å². The van der Waals surface area contributed by atoms with Gasteiger partial charge in [0.05, 0.1) is 0 Å². The predicted octanol–water partition coefficient (Wildman–Crippen LogP) is 0.323. The van der Waals surface area contributed by atoms with Gasteiger partial charge in [0.2, 0.25) is 0 Å². The Morgan fingerprint density at radius 1 is 1.57 bits per heavy atom. The van der Waals surface area contributed by atoms with Crippen molar-refractivity contribution in [3.8, 4) is 0 Å². The molecule has 2 N–H and O–H groups in total. The molecule has 0 bridgehead atoms. The van der Waals surface area contributed by atoms with E-state index in [9.17, 15) is 8.96 Å². The molecule has 0 radical (unpaired) electrons. The monoisotopic (exact) mass is 110 g/mol. The average molecular weight is 110 g/mol. The van der Waals surface area contributed by atoms with Crippen molar-refractivity contribution in [1.82, 2.24) is 11.1 Å². The Hall–Kier alpha value is -0.220. The van der Waals surface area contributed by atoms with Gasteiger partial charge in [-0.3, -0.25) is 0 Å². The second-order valence-electron chi connectivity index (χ2n) is 1.35. The van der Waals surface area contributed by atoms with Crippen molar-refractivity contribution in [2.24, 2.45) is 0 Å². The van der Waals surface area contributed by atoms with Crippen molar-refractivity contribution >= 4 is 0 Å². The lowest BCUT2D eigenvalue weighted by molar-refractivity contribution is 0.235. The fourth-order valence-electron chi connectivity index (χ4n) is 0.154. The van der Waals surface area contributed by atoms with Crippen LogP contribution < -0.4 is 11.1 Å². The van der Waals surface area contributed by atoms with E-state index in [2.05, 4.69) is 0 Å². The van der Waals surface area contributed by atoms with Crippen LogP contribution in [0.1, 0.15) is 6.92 Å². The van der Waals surface area contributed by atoms with Crippen LogP contribution in [-0.2, 0) is 0 Å². The van der Waals surface area contributed by atoms with E-state index in [-0.39, 0.29) is 6.54 Å². The highest BCUT2D eigenvalue weighted by molar-refractivity contribution is 4.51. The quantitative estimate of drug-likeness (QED) is 0.511. The maximum Gasteiger partial charge on any atom is 0.0494 e. The molecule has 0 saturated carbocycles. The summed E-state index contributed by atoms with van der Waals surface area (Å²) in [4.78, 5) is 0. The van der Waals surface area contributed by atoms with E-state index in [1.165, 1.54) is 18.0 Å². The normalized spacial score (nSPS) is 14.1. The minimum Gasteiger partial charge on any atom is -0.158 e. The van der Waals surface area contributed by atoms with E-state index in [1.54, 1.807) is 0 Å². The molecule has 1 atom stereocenters. The Kier molecular flexibility index (Phi) is 3.83. The number of hydrogen-bond acceptors (Lipinski definition) is 2. The second kappa shape index (κ2) is 3.95. The summed E-state index contributed by atoms with van der Waals surface area (Å²) >= 11 is 0. The Morgan fingerprint density at radius 3 is 2.29 bits per heavy atom. The first kappa shape index (κ1) is 6.78. The fraction of sp³-hybridized carbons (Fsp3) is 1.00. The highest BCUT2D eigenvalue weighted by Crippen LogP contribution is 1.75. The minimum absolute atomic E-state index is 0.00347. The van der Waals surface area contributed by atoms with Crippen LogP contribution in [0.4, 0.5) is 8.96 Å². The molecule has 44 valence electrons. The molecule has 0 saturated heterocycles. The molecule has 1 unspecified atom stereocenters. The van der Waals surface area contributed by atoms with E-state index >= 15 is 0 Å². The van der Waals surface area contributed by atoms with Crippen molar-refractivity contribution in [3.05, 3.63) is 0 Å². The lowest BCUT2D eigenvalue weighted by Crippen LogP contribution is -2.27. The zero-order valence-electron chi connectivity index (χ0n) is 4.04. The van der Waals surface area contributed by atoms with Gasteiger partial charge in [-0.1, -0.05) is 0 Å². The standard InChI is InChI=1S/C3H8F2N2/c1-3(7-5)2-6-4/h3,6-7H,2H2,1H3. The van der Waals surface area contributed by atoms with Crippen LogP contribution in [0.25, 0.3) is 0 Å². The SMILES string of the molecule is CC(CNF)NF. The highest BCUT2D eigenvalue weighted by Gasteiger charge is 1.95. The molecule has 0 fully saturated rings. The van der Waals surface area contributed by atoms with Crippen molar-refractivity contribution in [3.63, 3.8) is 0 Å². The summed E-state index contributed by atoms with van der Waals surface area (Å²) in [5.41, 5.74) is 2.68. The third-order valence-corrected chi connectivity index (χ3v) is 0.570. The highest BCUT2D eigenvalue weighted by atomic mass is 19.2. The molecule has 2 nitrogen and oxygen atoms in total. The van der Waals surface area contributed by atoms with Gasteiger partial charge in [-0.25, -0.2) is 0 Å². The van der Waals surface area contributed by atoms with Gasteiger partial charge < -0.3 is 0 Å². The molecule has 0 aliphatic heterocycles. The van der Waals surface area contributed by atoms with E-state index in [0.717, 1.165) is 0 Å². The lowest BCUT2D eigenvalue weighted by atomic mass is 10.4. The first-order valence-electron chi connectivity index (χ1n) is 2.01. The van der Waals surface area contributed by atoms with E-state index in [0.29, 0.717) is 0 Å². The van der Waals surface area contributed by atoms with Crippen molar-refractivity contribution < 1.29 is 8.96 Å². The van der Waals surface area contributed by atoms with Crippen LogP contribution in [0.15, 0.2) is 0 Å². The summed E-state index contributed by atoms with van der Waals surface area (Å²) in [6.45, 7) is 1.52. The molecule has 0 spiro atoms. The summed E-state index contributed by atoms with van der Waals surface area (Å²) in [5.74, 6) is 0. The van der Waals surface area contributed by atoms with E-state index < -0.39 is 6.04 Å². The number of halogens is 2. The molecule has 0 aromatic heterocycles. The van der Waals surface area contributed by atoms with Gasteiger partial charge in [0.1, 0.15) is 0 Å². The van der Waals surface area contributed by atoms with Crippen molar-refractivity contribution in [1.29, 1.82) is 0 Å². The molecule has 0 amide bonds. The third-order valence-electron chi connectivity index (χ3n) is 0.570. The minimum atomic E-state index is -0.454. The van der Waals surface area contributed by atoms with Crippen LogP contribution in [-0.4, -0.2) is 12.6 Å². The maximum atomic E-state index is 11.1. The summed E-state index contributed by atoms with van der Waals surface area (Å²) in [5, 5.41) is 0. The molecule has 0 aliphatic rings. The molecule has 0 heterocycles. The van der Waals surface area contributed by atoms with Gasteiger partial charge in [-0.2, -0.15) is 11.1 Å². The smallest absolute Gasteiger partial charge is 0.0494 e. The zero-order chi connectivity index (χ0) is 5.70. The fourth-order valence-corrected chi connectivity index (χ4v) is 0.154. The number of rotatable bonds is 3. The van der Waals surface area contributed by atoms with Gasteiger partial charge in [-0.05, 0) is 6.92 Å². The molecular formula is C3H8F2N2. The summed E-state index contributed by atoms with van der Waals surface area (Å²) in [6.07, 6.45) is 0. The molecule has 0 aromatic carbocycles. The molecular weight excluding hydrogens is 102 g/mol. The van der Waals surface area contributed by atoms with Crippen LogP contribution in [0, 0.1) is 0 Å². The zero-order valence-corrected chi connectivity index (χ0v) is 4.04. The number of hydrogen-bond donors (Lipinski definition) is 2. The van der Waals surface area contributed by atoms with Gasteiger partial charge in [-0.15, -0.1) is 8.96 Å². The molecule has 0 rings (SSSR count). The van der Waals surface area contributed by atoms with Crippen molar-refractivity contribution in [2.45, 2.75) is 13.0 Å². The summed E-state index contributed by atoms with van der Waals surface area (Å²) in [7, 11) is 0. The van der Waals surface area contributed by atoms with Crippen molar-refractivity contribution in [2.75, 3.05) is 6.54 Å².